The Morgan fingerprint density at radius 3 is 1.89 bits per heavy atom. The molecule has 2 bridgehead atoms. The monoisotopic (exact) mass is 847 g/mol. The molecule has 1 aliphatic heterocycles. The Kier molecular flexibility index (Phi) is 12.6. The van der Waals surface area contributed by atoms with Gasteiger partial charge in [0.1, 0.15) is 30.0 Å². The molecule has 1 N–H and O–H groups in total. The fourth-order valence-electron chi connectivity index (χ4n) is 10.6. The Balaban J connectivity index is 1.65. The van der Waals surface area contributed by atoms with Crippen LogP contribution in [0.3, 0.4) is 0 Å². The van der Waals surface area contributed by atoms with Gasteiger partial charge in [0.2, 0.25) is 0 Å². The summed E-state index contributed by atoms with van der Waals surface area (Å²) in [5.74, 6) is -5.92. The lowest BCUT2D eigenvalue weighted by atomic mass is 9.44. The van der Waals surface area contributed by atoms with Gasteiger partial charge in [0.25, 0.3) is 0 Å². The van der Waals surface area contributed by atoms with E-state index in [1.54, 1.807) is 58.0 Å². The molecule has 1 unspecified atom stereocenters. The summed E-state index contributed by atoms with van der Waals surface area (Å²) in [7, 11) is 3.68. The Morgan fingerprint density at radius 2 is 1.36 bits per heavy atom. The second-order valence-corrected chi connectivity index (χ2v) is 17.7. The van der Waals surface area contributed by atoms with Crippen molar-refractivity contribution in [3.63, 3.8) is 0 Å². The predicted octanol–water partition coefficient (Wildman–Crippen LogP) is 4.83. The van der Waals surface area contributed by atoms with E-state index in [0.29, 0.717) is 5.57 Å². The lowest BCUT2D eigenvalue weighted by molar-refractivity contribution is -0.366. The van der Waals surface area contributed by atoms with Crippen LogP contribution < -0.4 is 0 Å². The van der Waals surface area contributed by atoms with Crippen LogP contribution in [0.2, 0.25) is 0 Å². The summed E-state index contributed by atoms with van der Waals surface area (Å²) in [6, 6.07) is 17.1. The Bertz CT molecular complexity index is 2070. The van der Waals surface area contributed by atoms with E-state index in [-0.39, 0.29) is 37.0 Å². The quantitative estimate of drug-likeness (QED) is 0.184. The van der Waals surface area contributed by atoms with Gasteiger partial charge in [-0.1, -0.05) is 69.3 Å². The minimum absolute atomic E-state index is 0.0850. The molecule has 61 heavy (non-hydrogen) atoms. The zero-order valence-electron chi connectivity index (χ0n) is 36.4. The van der Waals surface area contributed by atoms with Crippen LogP contribution in [-0.4, -0.2) is 114 Å². The lowest BCUT2D eigenvalue weighted by Crippen LogP contribution is -2.82. The molecule has 3 aliphatic carbocycles. The highest BCUT2D eigenvalue weighted by atomic mass is 16.6. The minimum atomic E-state index is -2.23. The summed E-state index contributed by atoms with van der Waals surface area (Å²) in [5, 5.41) is 13.8. The normalized spacial score (nSPS) is 32.9. The molecule has 6 rings (SSSR count). The molecule has 0 spiro atoms. The van der Waals surface area contributed by atoms with Gasteiger partial charge in [-0.2, -0.15) is 0 Å². The maximum Gasteiger partial charge on any atom is 0.338 e. The largest absolute Gasteiger partial charge is 0.462 e. The molecule has 0 amide bonds. The van der Waals surface area contributed by atoms with Crippen LogP contribution in [0.1, 0.15) is 96.6 Å². The fraction of sp³-hybridized carbons (Fsp3) is 0.565. The molecule has 2 aromatic rings. The molecule has 15 heteroatoms. The number of hydrogen-bond donors (Lipinski definition) is 1. The summed E-state index contributed by atoms with van der Waals surface area (Å²) < 4.78 is 43.8. The van der Waals surface area contributed by atoms with Crippen molar-refractivity contribution in [3.8, 4) is 0 Å². The van der Waals surface area contributed by atoms with Crippen molar-refractivity contribution in [3.05, 3.63) is 82.9 Å². The van der Waals surface area contributed by atoms with Crippen LogP contribution in [0, 0.1) is 16.7 Å². The topological polar surface area (TPSA) is 190 Å². The minimum Gasteiger partial charge on any atom is -0.462 e. The molecule has 2 aromatic carbocycles. The van der Waals surface area contributed by atoms with Crippen LogP contribution in [-0.2, 0) is 57.1 Å². The molecule has 2 saturated carbocycles. The summed E-state index contributed by atoms with van der Waals surface area (Å²) in [4.78, 5) is 83.6. The Morgan fingerprint density at radius 1 is 0.787 bits per heavy atom. The molecule has 330 valence electrons. The summed E-state index contributed by atoms with van der Waals surface area (Å²) >= 11 is 0. The van der Waals surface area contributed by atoms with Crippen LogP contribution in [0.25, 0.3) is 0 Å². The second-order valence-electron chi connectivity index (χ2n) is 17.7. The predicted molar refractivity (Wildman–Crippen MR) is 216 cm³/mol. The third kappa shape index (κ3) is 8.07. The molecular weight excluding hydrogens is 790 g/mol. The number of fused-ring (bicyclic) bond motifs is 5. The van der Waals surface area contributed by atoms with E-state index in [2.05, 4.69) is 0 Å². The van der Waals surface area contributed by atoms with E-state index in [4.69, 9.17) is 33.2 Å². The fourth-order valence-corrected chi connectivity index (χ4v) is 10.6. The number of rotatable bonds is 11. The zero-order valence-corrected chi connectivity index (χ0v) is 36.4. The maximum absolute atomic E-state index is 14.4. The van der Waals surface area contributed by atoms with E-state index < -0.39 is 106 Å². The number of carbonyl (C=O) groups is 6. The summed E-state index contributed by atoms with van der Waals surface area (Å²) in [6.45, 7) is 11.1. The second kappa shape index (κ2) is 17.0. The van der Waals surface area contributed by atoms with Crippen molar-refractivity contribution in [1.82, 2.24) is 4.90 Å². The number of esters is 6. The molecule has 11 atom stereocenters. The third-order valence-corrected chi connectivity index (χ3v) is 13.4. The van der Waals surface area contributed by atoms with Crippen molar-refractivity contribution in [2.24, 2.45) is 16.7 Å². The molecule has 1 saturated heterocycles. The maximum atomic E-state index is 14.4. The standard InChI is InChI=1S/C46H57NO14/c1-25-33(59-36(52)21-32(47(9)10)30-17-13-11-14-18-30)23-46(54)41(58-28(4)50)39-44(8,34(56-26(2)48)22-35-45(39,24-55-35)61-29(5)51)40(57-27(3)49)38(37(25)43(46,6)7)60-42(53)31-19-15-12-16-20-31/h11-20,32-35,38-41,54H,21-24H2,1-10H3/t32-,33?,34+,35-,38-,39+,40+,41+,44-,45+,46-/m1/s1. The van der Waals surface area contributed by atoms with Crippen molar-refractivity contribution in [2.45, 2.75) is 129 Å². The van der Waals surface area contributed by atoms with E-state index in [0.717, 1.165) is 12.5 Å². The van der Waals surface area contributed by atoms with Gasteiger partial charge in [0.05, 0.1) is 29.9 Å². The Labute approximate surface area is 356 Å². The van der Waals surface area contributed by atoms with E-state index in [1.165, 1.54) is 20.8 Å². The third-order valence-electron chi connectivity index (χ3n) is 13.4. The number of carbonyl (C=O) groups excluding carboxylic acids is 6. The van der Waals surface area contributed by atoms with Gasteiger partial charge in [-0.15, -0.1) is 0 Å². The molecule has 0 aromatic heterocycles. The van der Waals surface area contributed by atoms with Crippen molar-refractivity contribution in [2.75, 3.05) is 20.7 Å². The molecule has 0 radical (unpaired) electrons. The van der Waals surface area contributed by atoms with Gasteiger partial charge in [0.15, 0.2) is 17.8 Å². The average molecular weight is 848 g/mol. The number of hydrogen-bond acceptors (Lipinski definition) is 15. The van der Waals surface area contributed by atoms with Crippen LogP contribution in [0.5, 0.6) is 0 Å². The zero-order chi connectivity index (χ0) is 44.8. The van der Waals surface area contributed by atoms with Crippen molar-refractivity contribution < 1.29 is 67.0 Å². The van der Waals surface area contributed by atoms with Crippen LogP contribution in [0.15, 0.2) is 71.8 Å². The molecule has 4 aliphatic rings. The van der Waals surface area contributed by atoms with Gasteiger partial charge in [-0.3, -0.25) is 24.0 Å². The summed E-state index contributed by atoms with van der Waals surface area (Å²) in [5.41, 5.74) is -5.61. The highest BCUT2D eigenvalue weighted by molar-refractivity contribution is 5.89. The SMILES string of the molecule is CC(=O)O[C@H]1C[C@H]2OC[C@@]2(OC(C)=O)[C@H]2[C@H](OC(C)=O)[C@]3(O)CC(OC(=O)C[C@H](c4ccccc4)N(C)C)C(C)=C([C@@H](OC(=O)c4ccccc4)[C@H](OC(C)=O)[C@]12C)C3(C)C. The van der Waals surface area contributed by atoms with Gasteiger partial charge in [0, 0.05) is 52.0 Å². The van der Waals surface area contributed by atoms with Crippen molar-refractivity contribution >= 4 is 35.8 Å². The molecule has 3 fully saturated rings. The van der Waals surface area contributed by atoms with Gasteiger partial charge in [-0.05, 0) is 49.9 Å². The van der Waals surface area contributed by atoms with E-state index in [9.17, 15) is 33.9 Å². The number of benzene rings is 2. The van der Waals surface area contributed by atoms with E-state index in [1.807, 2.05) is 49.3 Å². The van der Waals surface area contributed by atoms with Gasteiger partial charge < -0.3 is 43.2 Å². The number of aliphatic hydroxyl groups is 1. The Hall–Kier alpha value is -5.12. The molecule has 1 heterocycles. The first-order chi connectivity index (χ1) is 28.6. The lowest BCUT2D eigenvalue weighted by Gasteiger charge is -2.69. The van der Waals surface area contributed by atoms with Gasteiger partial charge in [-0.25, -0.2) is 4.79 Å². The van der Waals surface area contributed by atoms with Crippen LogP contribution in [0.4, 0.5) is 0 Å². The van der Waals surface area contributed by atoms with Gasteiger partial charge >= 0.3 is 35.8 Å². The van der Waals surface area contributed by atoms with E-state index >= 15 is 0 Å². The summed E-state index contributed by atoms with van der Waals surface area (Å²) in [6.07, 6.45) is -8.74. The van der Waals surface area contributed by atoms with Crippen LogP contribution >= 0.6 is 0 Å². The number of ether oxygens (including phenoxy) is 7. The average Bonchev–Trinajstić information content (AvgIpc) is 3.17. The first-order valence-electron chi connectivity index (χ1n) is 20.5. The highest BCUT2D eigenvalue weighted by Crippen LogP contribution is 2.66. The first kappa shape index (κ1) is 45.4. The molecular formula is C46H57NO14. The van der Waals surface area contributed by atoms with Crippen molar-refractivity contribution in [1.29, 1.82) is 0 Å². The number of nitrogens with zero attached hydrogens (tertiary/aromatic N) is 1. The molecule has 15 nitrogen and oxygen atoms in total. The highest BCUT2D eigenvalue weighted by Gasteiger charge is 2.79. The smallest absolute Gasteiger partial charge is 0.338 e. The first-order valence-corrected chi connectivity index (χ1v) is 20.5.